The lowest BCUT2D eigenvalue weighted by atomic mass is 9.79. The lowest BCUT2D eigenvalue weighted by molar-refractivity contribution is -0.201. The number of aryl methyl sites for hydroxylation is 1. The van der Waals surface area contributed by atoms with Gasteiger partial charge in [0.1, 0.15) is 17.7 Å². The fraction of sp³-hybridized carbons (Fsp3) is 0.577. The first kappa shape index (κ1) is 25.4. The topological polar surface area (TPSA) is 72.2 Å². The number of ether oxygens (including phenoxy) is 5. The Morgan fingerprint density at radius 1 is 1.09 bits per heavy atom. The molecule has 1 aromatic heterocycles. The summed E-state index contributed by atoms with van der Waals surface area (Å²) in [7, 11) is 4.97. The lowest BCUT2D eigenvalue weighted by Crippen LogP contribution is -2.51. The van der Waals surface area contributed by atoms with Crippen LogP contribution in [0.3, 0.4) is 0 Å². The van der Waals surface area contributed by atoms with E-state index in [4.69, 9.17) is 28.1 Å². The normalized spacial score (nSPS) is 26.1. The minimum Gasteiger partial charge on any atom is -0.497 e. The van der Waals surface area contributed by atoms with Crippen LogP contribution in [0.15, 0.2) is 40.5 Å². The van der Waals surface area contributed by atoms with E-state index < -0.39 is 0 Å². The SMILES string of the molecule is COc1ccc(CO[C@@H]2[C@@H](C)[C@@H](CC(OC)OC)O[C@@H](/C(C)=C/c3coc(C)n3)[C@@H]2C)cc1. The Morgan fingerprint density at radius 3 is 2.36 bits per heavy atom. The van der Waals surface area contributed by atoms with E-state index in [-0.39, 0.29) is 36.4 Å². The molecular formula is C26H37NO6. The van der Waals surface area contributed by atoms with E-state index in [1.165, 1.54) is 0 Å². The third-order valence-corrected chi connectivity index (χ3v) is 6.43. The van der Waals surface area contributed by atoms with E-state index >= 15 is 0 Å². The maximum atomic E-state index is 6.62. The smallest absolute Gasteiger partial charge is 0.191 e. The van der Waals surface area contributed by atoms with Crippen molar-refractivity contribution < 1.29 is 28.1 Å². The quantitative estimate of drug-likeness (QED) is 0.462. The van der Waals surface area contributed by atoms with Crippen LogP contribution in [-0.2, 0) is 25.6 Å². The zero-order valence-corrected chi connectivity index (χ0v) is 20.7. The van der Waals surface area contributed by atoms with E-state index in [0.29, 0.717) is 18.9 Å². The predicted octanol–water partition coefficient (Wildman–Crippen LogP) is 5.03. The number of hydrogen-bond donors (Lipinski definition) is 0. The maximum Gasteiger partial charge on any atom is 0.191 e. The summed E-state index contributed by atoms with van der Waals surface area (Å²) in [6.07, 6.45) is 3.75. The molecule has 2 aromatic rings. The van der Waals surface area contributed by atoms with Gasteiger partial charge in [-0.05, 0) is 36.3 Å². The largest absolute Gasteiger partial charge is 0.497 e. The molecule has 5 atom stereocenters. The molecule has 33 heavy (non-hydrogen) atoms. The van der Waals surface area contributed by atoms with Gasteiger partial charge in [0, 0.05) is 39.4 Å². The highest BCUT2D eigenvalue weighted by molar-refractivity contribution is 5.48. The number of rotatable bonds is 10. The molecule has 0 radical (unpaired) electrons. The van der Waals surface area contributed by atoms with Crippen molar-refractivity contribution in [2.24, 2.45) is 11.8 Å². The lowest BCUT2D eigenvalue weighted by Gasteiger charge is -2.46. The summed E-state index contributed by atoms with van der Waals surface area (Å²) in [5.41, 5.74) is 2.97. The molecule has 0 spiro atoms. The van der Waals surface area contributed by atoms with Crippen LogP contribution in [0.5, 0.6) is 5.75 Å². The summed E-state index contributed by atoms with van der Waals surface area (Å²) in [5, 5.41) is 0. The molecule has 1 fully saturated rings. The van der Waals surface area contributed by atoms with Crippen LogP contribution in [0.25, 0.3) is 6.08 Å². The third kappa shape index (κ3) is 6.44. The van der Waals surface area contributed by atoms with Crippen LogP contribution in [0.4, 0.5) is 0 Å². The Hall–Kier alpha value is -2.19. The van der Waals surface area contributed by atoms with Crippen molar-refractivity contribution in [3.63, 3.8) is 0 Å². The van der Waals surface area contributed by atoms with E-state index in [1.807, 2.05) is 37.3 Å². The molecule has 0 aliphatic carbocycles. The number of oxazole rings is 1. The average Bonchev–Trinajstić information content (AvgIpc) is 3.23. The van der Waals surface area contributed by atoms with Gasteiger partial charge in [0.05, 0.1) is 32.0 Å². The van der Waals surface area contributed by atoms with E-state index in [2.05, 4.69) is 25.8 Å². The molecule has 2 heterocycles. The van der Waals surface area contributed by atoms with Gasteiger partial charge in [0.25, 0.3) is 0 Å². The summed E-state index contributed by atoms with van der Waals surface area (Å²) < 4.78 is 34.7. The monoisotopic (exact) mass is 459 g/mol. The van der Waals surface area contributed by atoms with Gasteiger partial charge < -0.3 is 28.1 Å². The molecule has 0 saturated carbocycles. The molecule has 1 aliphatic heterocycles. The van der Waals surface area contributed by atoms with Crippen LogP contribution in [-0.4, -0.2) is 50.9 Å². The van der Waals surface area contributed by atoms with Gasteiger partial charge in [-0.25, -0.2) is 4.98 Å². The number of aromatic nitrogens is 1. The number of hydrogen-bond acceptors (Lipinski definition) is 7. The van der Waals surface area contributed by atoms with E-state index in [9.17, 15) is 0 Å². The van der Waals surface area contributed by atoms with Gasteiger partial charge >= 0.3 is 0 Å². The number of methoxy groups -OCH3 is 3. The molecule has 7 heteroatoms. The van der Waals surface area contributed by atoms with Gasteiger partial charge in [-0.1, -0.05) is 26.0 Å². The van der Waals surface area contributed by atoms with E-state index in [1.54, 1.807) is 27.6 Å². The van der Waals surface area contributed by atoms with Crippen molar-refractivity contribution in [3.05, 3.63) is 53.2 Å². The molecule has 0 amide bonds. The van der Waals surface area contributed by atoms with Crippen molar-refractivity contribution in [2.45, 2.75) is 65.3 Å². The minimum absolute atomic E-state index is 0.00684. The molecule has 7 nitrogen and oxygen atoms in total. The van der Waals surface area contributed by atoms with Crippen LogP contribution >= 0.6 is 0 Å². The molecule has 1 aliphatic rings. The second-order valence-corrected chi connectivity index (χ2v) is 8.75. The number of nitrogens with zero attached hydrogens (tertiary/aromatic N) is 1. The first-order valence-corrected chi connectivity index (χ1v) is 11.4. The summed E-state index contributed by atoms with van der Waals surface area (Å²) in [4.78, 5) is 4.41. The van der Waals surface area contributed by atoms with Crippen molar-refractivity contribution in [3.8, 4) is 5.75 Å². The first-order valence-electron chi connectivity index (χ1n) is 11.4. The van der Waals surface area contributed by atoms with Crippen LogP contribution in [0.1, 0.15) is 44.3 Å². The Morgan fingerprint density at radius 2 is 1.79 bits per heavy atom. The van der Waals surface area contributed by atoms with Gasteiger partial charge in [0.15, 0.2) is 12.2 Å². The molecule has 0 bridgehead atoms. The van der Waals surface area contributed by atoms with Gasteiger partial charge in [-0.2, -0.15) is 0 Å². The van der Waals surface area contributed by atoms with Crippen molar-refractivity contribution in [2.75, 3.05) is 21.3 Å². The second-order valence-electron chi connectivity index (χ2n) is 8.75. The summed E-state index contributed by atoms with van der Waals surface area (Å²) in [5.74, 6) is 1.77. The first-order chi connectivity index (χ1) is 15.9. The predicted molar refractivity (Wildman–Crippen MR) is 126 cm³/mol. The Bertz CT molecular complexity index is 888. The van der Waals surface area contributed by atoms with Crippen LogP contribution < -0.4 is 4.74 Å². The Labute approximate surface area is 197 Å². The molecule has 182 valence electrons. The minimum atomic E-state index is -0.337. The zero-order chi connectivity index (χ0) is 24.0. The average molecular weight is 460 g/mol. The Balaban J connectivity index is 1.80. The fourth-order valence-electron chi connectivity index (χ4n) is 4.55. The third-order valence-electron chi connectivity index (χ3n) is 6.43. The van der Waals surface area contributed by atoms with Gasteiger partial charge in [-0.15, -0.1) is 0 Å². The molecule has 1 aromatic carbocycles. The zero-order valence-electron chi connectivity index (χ0n) is 20.7. The number of benzene rings is 1. The van der Waals surface area contributed by atoms with E-state index in [0.717, 1.165) is 22.6 Å². The van der Waals surface area contributed by atoms with Gasteiger partial charge in [0.2, 0.25) is 0 Å². The standard InChI is InChI=1S/C26H37NO6/c1-16(12-21-15-31-19(4)27-21)25-18(3)26(17(2)23(33-25)13-24(29-6)30-7)32-14-20-8-10-22(28-5)11-9-20/h8-12,15,17-18,23-26H,13-14H2,1-7H3/b16-12+/t17-,18-,23+,25-,26+/m0/s1. The molecule has 0 unspecified atom stereocenters. The fourth-order valence-corrected chi connectivity index (χ4v) is 4.55. The van der Waals surface area contributed by atoms with Gasteiger partial charge in [-0.3, -0.25) is 0 Å². The van der Waals surface area contributed by atoms with Crippen LogP contribution in [0, 0.1) is 18.8 Å². The Kier molecular flexibility index (Phi) is 9.09. The summed E-state index contributed by atoms with van der Waals surface area (Å²) >= 11 is 0. The maximum absolute atomic E-state index is 6.62. The van der Waals surface area contributed by atoms with Crippen molar-refractivity contribution in [1.82, 2.24) is 4.98 Å². The molecular weight excluding hydrogens is 422 g/mol. The van der Waals surface area contributed by atoms with Crippen molar-refractivity contribution >= 4 is 6.08 Å². The highest BCUT2D eigenvalue weighted by Crippen LogP contribution is 2.38. The summed E-state index contributed by atoms with van der Waals surface area (Å²) in [6.45, 7) is 8.79. The highest BCUT2D eigenvalue weighted by atomic mass is 16.7. The molecule has 3 rings (SSSR count). The second kappa shape index (κ2) is 11.8. The highest BCUT2D eigenvalue weighted by Gasteiger charge is 2.43. The van der Waals surface area contributed by atoms with Crippen LogP contribution in [0.2, 0.25) is 0 Å². The molecule has 0 N–H and O–H groups in total. The molecule has 1 saturated heterocycles. The van der Waals surface area contributed by atoms with Crippen molar-refractivity contribution in [1.29, 1.82) is 0 Å². The summed E-state index contributed by atoms with van der Waals surface area (Å²) in [6, 6.07) is 7.98.